The highest BCUT2D eigenvalue weighted by Crippen LogP contribution is 2.28. The molecule has 1 fully saturated rings. The summed E-state index contributed by atoms with van der Waals surface area (Å²) >= 11 is 0. The van der Waals surface area contributed by atoms with Crippen molar-refractivity contribution in [2.24, 2.45) is 0 Å². The summed E-state index contributed by atoms with van der Waals surface area (Å²) < 4.78 is 0. The molecule has 1 aliphatic heterocycles. The number of rotatable bonds is 4. The van der Waals surface area contributed by atoms with Gasteiger partial charge in [-0.1, -0.05) is 42.5 Å². The van der Waals surface area contributed by atoms with Gasteiger partial charge in [-0.25, -0.2) is 9.97 Å². The average Bonchev–Trinajstić information content (AvgIpc) is 2.74. The number of amides is 1. The van der Waals surface area contributed by atoms with E-state index < -0.39 is 0 Å². The summed E-state index contributed by atoms with van der Waals surface area (Å²) in [7, 11) is 1.68. The van der Waals surface area contributed by atoms with Crippen molar-refractivity contribution >= 4 is 22.6 Å². The fourth-order valence-corrected chi connectivity index (χ4v) is 3.42. The zero-order chi connectivity index (χ0) is 18.6. The van der Waals surface area contributed by atoms with Crippen LogP contribution in [0, 0.1) is 0 Å². The molecule has 4 rings (SSSR count). The van der Waals surface area contributed by atoms with Gasteiger partial charge in [0.05, 0.1) is 12.1 Å². The van der Waals surface area contributed by atoms with Crippen molar-refractivity contribution in [2.75, 3.05) is 44.7 Å². The number of likely N-dealkylation sites (N-methyl/N-ethyl adjacent to an activating group) is 1. The van der Waals surface area contributed by atoms with Crippen LogP contribution >= 0.6 is 0 Å². The summed E-state index contributed by atoms with van der Waals surface area (Å²) in [5, 5.41) is 3.76. The fourth-order valence-electron chi connectivity index (χ4n) is 3.42. The summed E-state index contributed by atoms with van der Waals surface area (Å²) in [5.74, 6) is 1.78. The molecular weight excluding hydrogens is 338 g/mol. The number of nitrogens with zero attached hydrogens (tertiary/aromatic N) is 4. The standard InChI is InChI=1S/C21H23N5O/c1-22-19(27)15-25-11-13-26(14-12-25)21-17-9-5-6-10-18(17)23-20(24-21)16-7-3-2-4-8-16/h2-10H,11-15H2,1H3,(H,22,27). The van der Waals surface area contributed by atoms with Gasteiger partial charge in [-0.05, 0) is 12.1 Å². The highest BCUT2D eigenvalue weighted by atomic mass is 16.1. The Balaban J connectivity index is 1.64. The Morgan fingerprint density at radius 1 is 0.963 bits per heavy atom. The molecule has 27 heavy (non-hydrogen) atoms. The lowest BCUT2D eigenvalue weighted by Crippen LogP contribution is -2.49. The normalized spacial score (nSPS) is 15.1. The predicted octanol–water partition coefficient (Wildman–Crippen LogP) is 2.16. The molecule has 0 saturated carbocycles. The van der Waals surface area contributed by atoms with Crippen LogP contribution in [0.15, 0.2) is 54.6 Å². The van der Waals surface area contributed by atoms with E-state index in [1.807, 2.05) is 48.5 Å². The Bertz CT molecular complexity index is 936. The number of nitrogens with one attached hydrogen (secondary N) is 1. The highest BCUT2D eigenvalue weighted by Gasteiger charge is 2.22. The van der Waals surface area contributed by atoms with Gasteiger partial charge in [0.2, 0.25) is 5.91 Å². The van der Waals surface area contributed by atoms with E-state index in [0.29, 0.717) is 6.54 Å². The minimum Gasteiger partial charge on any atom is -0.358 e. The second kappa shape index (κ2) is 7.72. The predicted molar refractivity (Wildman–Crippen MR) is 108 cm³/mol. The van der Waals surface area contributed by atoms with Crippen LogP contribution in [0.5, 0.6) is 0 Å². The van der Waals surface area contributed by atoms with Crippen LogP contribution in [0.2, 0.25) is 0 Å². The molecule has 6 heteroatoms. The molecule has 0 spiro atoms. The van der Waals surface area contributed by atoms with Gasteiger partial charge < -0.3 is 10.2 Å². The number of carbonyl (C=O) groups excluding carboxylic acids is 1. The van der Waals surface area contributed by atoms with E-state index in [1.165, 1.54) is 0 Å². The number of benzene rings is 2. The first-order valence-electron chi connectivity index (χ1n) is 9.24. The first-order valence-corrected chi connectivity index (χ1v) is 9.24. The molecule has 1 aromatic heterocycles. The minimum absolute atomic E-state index is 0.0577. The maximum Gasteiger partial charge on any atom is 0.233 e. The van der Waals surface area contributed by atoms with Gasteiger partial charge >= 0.3 is 0 Å². The molecule has 138 valence electrons. The largest absolute Gasteiger partial charge is 0.358 e. The van der Waals surface area contributed by atoms with Crippen LogP contribution in [0.4, 0.5) is 5.82 Å². The number of aromatic nitrogens is 2. The molecule has 6 nitrogen and oxygen atoms in total. The second-order valence-electron chi connectivity index (χ2n) is 6.69. The first kappa shape index (κ1) is 17.4. The van der Waals surface area contributed by atoms with Crippen molar-refractivity contribution in [2.45, 2.75) is 0 Å². The zero-order valence-corrected chi connectivity index (χ0v) is 15.4. The molecular formula is C21H23N5O. The van der Waals surface area contributed by atoms with E-state index in [1.54, 1.807) is 7.05 Å². The lowest BCUT2D eigenvalue weighted by atomic mass is 10.1. The summed E-state index contributed by atoms with van der Waals surface area (Å²) in [6.07, 6.45) is 0. The lowest BCUT2D eigenvalue weighted by Gasteiger charge is -2.35. The Morgan fingerprint density at radius 2 is 1.67 bits per heavy atom. The number of para-hydroxylation sites is 1. The minimum atomic E-state index is 0.0577. The van der Waals surface area contributed by atoms with Crippen LogP contribution < -0.4 is 10.2 Å². The van der Waals surface area contributed by atoms with E-state index in [9.17, 15) is 4.79 Å². The highest BCUT2D eigenvalue weighted by molar-refractivity contribution is 5.91. The third-order valence-electron chi connectivity index (χ3n) is 4.93. The summed E-state index contributed by atoms with van der Waals surface area (Å²) in [6, 6.07) is 18.2. The third kappa shape index (κ3) is 3.75. The Hall–Kier alpha value is -2.99. The van der Waals surface area contributed by atoms with Gasteiger partial charge in [0.15, 0.2) is 5.82 Å². The number of anilines is 1. The van der Waals surface area contributed by atoms with Crippen LogP contribution in [0.1, 0.15) is 0 Å². The van der Waals surface area contributed by atoms with Crippen molar-refractivity contribution in [1.29, 1.82) is 0 Å². The monoisotopic (exact) mass is 361 g/mol. The SMILES string of the molecule is CNC(=O)CN1CCN(c2nc(-c3ccccc3)nc3ccccc23)CC1. The average molecular weight is 361 g/mol. The Morgan fingerprint density at radius 3 is 2.41 bits per heavy atom. The van der Waals surface area contributed by atoms with E-state index in [2.05, 4.69) is 21.2 Å². The van der Waals surface area contributed by atoms with E-state index in [-0.39, 0.29) is 5.91 Å². The molecule has 1 aliphatic rings. The number of hydrogen-bond acceptors (Lipinski definition) is 5. The van der Waals surface area contributed by atoms with Gasteiger partial charge in [-0.3, -0.25) is 9.69 Å². The van der Waals surface area contributed by atoms with Crippen molar-refractivity contribution in [3.63, 3.8) is 0 Å². The van der Waals surface area contributed by atoms with Crippen molar-refractivity contribution < 1.29 is 4.79 Å². The summed E-state index contributed by atoms with van der Waals surface area (Å²) in [5.41, 5.74) is 1.97. The molecule has 2 aromatic carbocycles. The summed E-state index contributed by atoms with van der Waals surface area (Å²) in [4.78, 5) is 25.8. The Labute approximate surface area is 158 Å². The number of carbonyl (C=O) groups is 1. The van der Waals surface area contributed by atoms with Crippen molar-refractivity contribution in [3.8, 4) is 11.4 Å². The van der Waals surface area contributed by atoms with Crippen LogP contribution in [-0.2, 0) is 4.79 Å². The first-order chi connectivity index (χ1) is 13.2. The fraction of sp³-hybridized carbons (Fsp3) is 0.286. The van der Waals surface area contributed by atoms with E-state index >= 15 is 0 Å². The van der Waals surface area contributed by atoms with Crippen LogP contribution in [0.3, 0.4) is 0 Å². The van der Waals surface area contributed by atoms with E-state index in [0.717, 1.165) is 54.3 Å². The van der Waals surface area contributed by atoms with Crippen LogP contribution in [0.25, 0.3) is 22.3 Å². The number of fused-ring (bicyclic) bond motifs is 1. The van der Waals surface area contributed by atoms with Gasteiger partial charge in [0.25, 0.3) is 0 Å². The third-order valence-corrected chi connectivity index (χ3v) is 4.93. The van der Waals surface area contributed by atoms with Crippen LogP contribution in [-0.4, -0.2) is 60.5 Å². The molecule has 0 unspecified atom stereocenters. The molecule has 0 radical (unpaired) electrons. The maximum absolute atomic E-state index is 11.6. The Kier molecular flexibility index (Phi) is 4.98. The van der Waals surface area contributed by atoms with Gasteiger partial charge in [-0.15, -0.1) is 0 Å². The van der Waals surface area contributed by atoms with Gasteiger partial charge in [-0.2, -0.15) is 0 Å². The second-order valence-corrected chi connectivity index (χ2v) is 6.69. The molecule has 1 saturated heterocycles. The lowest BCUT2D eigenvalue weighted by molar-refractivity contribution is -0.121. The molecule has 1 amide bonds. The number of piperazine rings is 1. The van der Waals surface area contributed by atoms with Crippen molar-refractivity contribution in [1.82, 2.24) is 20.2 Å². The maximum atomic E-state index is 11.6. The smallest absolute Gasteiger partial charge is 0.233 e. The molecule has 0 atom stereocenters. The quantitative estimate of drug-likeness (QED) is 0.772. The van der Waals surface area contributed by atoms with E-state index in [4.69, 9.17) is 9.97 Å². The van der Waals surface area contributed by atoms with Gasteiger partial charge in [0.1, 0.15) is 5.82 Å². The number of hydrogen-bond donors (Lipinski definition) is 1. The molecule has 3 aromatic rings. The molecule has 0 aliphatic carbocycles. The van der Waals surface area contributed by atoms with Crippen molar-refractivity contribution in [3.05, 3.63) is 54.6 Å². The van der Waals surface area contributed by atoms with Gasteiger partial charge in [0, 0.05) is 44.2 Å². The molecule has 1 N–H and O–H groups in total. The molecule has 0 bridgehead atoms. The molecule has 2 heterocycles. The zero-order valence-electron chi connectivity index (χ0n) is 15.4. The summed E-state index contributed by atoms with van der Waals surface area (Å²) in [6.45, 7) is 3.81. The topological polar surface area (TPSA) is 61.4 Å².